The Morgan fingerprint density at radius 2 is 2.09 bits per heavy atom. The van der Waals surface area contributed by atoms with Crippen LogP contribution >= 0.6 is 22.9 Å². The summed E-state index contributed by atoms with van der Waals surface area (Å²) in [6, 6.07) is 9.20. The number of primary amides is 1. The molecule has 0 bridgehead atoms. The van der Waals surface area contributed by atoms with E-state index in [0.717, 1.165) is 33.3 Å². The molecule has 2 amide bonds. The van der Waals surface area contributed by atoms with Gasteiger partial charge in [-0.2, -0.15) is 0 Å². The van der Waals surface area contributed by atoms with Crippen LogP contribution in [0.15, 0.2) is 30.3 Å². The fourth-order valence-electron chi connectivity index (χ4n) is 2.97. The van der Waals surface area contributed by atoms with E-state index in [1.54, 1.807) is 17.0 Å². The number of aryl methyl sites for hydroxylation is 1. The van der Waals surface area contributed by atoms with Gasteiger partial charge in [-0.05, 0) is 49.1 Å². The Morgan fingerprint density at radius 3 is 2.78 bits per heavy atom. The largest absolute Gasteiger partial charge is 0.366 e. The number of thiophene rings is 1. The van der Waals surface area contributed by atoms with Crippen molar-refractivity contribution < 1.29 is 9.59 Å². The average Bonchev–Trinajstić information content (AvgIpc) is 2.96. The number of nitrogens with two attached hydrogens (primary N) is 1. The molecule has 0 atom stereocenters. The van der Waals surface area contributed by atoms with Crippen molar-refractivity contribution in [2.45, 2.75) is 25.7 Å². The maximum Gasteiger partial charge on any atom is 0.249 e. The lowest BCUT2D eigenvalue weighted by atomic mass is 9.95. The molecule has 6 heteroatoms. The summed E-state index contributed by atoms with van der Waals surface area (Å²) in [4.78, 5) is 27.1. The predicted molar refractivity (Wildman–Crippen MR) is 93.3 cm³/mol. The minimum absolute atomic E-state index is 0.0668. The number of fused-ring (bicyclic) bond motifs is 1. The summed E-state index contributed by atoms with van der Waals surface area (Å²) in [7, 11) is 0. The molecule has 0 aliphatic carbocycles. The molecule has 23 heavy (non-hydrogen) atoms. The molecule has 0 spiro atoms. The van der Waals surface area contributed by atoms with Gasteiger partial charge in [-0.1, -0.05) is 17.7 Å². The van der Waals surface area contributed by atoms with Crippen molar-refractivity contribution in [3.8, 4) is 0 Å². The van der Waals surface area contributed by atoms with Gasteiger partial charge in [-0.25, -0.2) is 0 Å². The Labute approximate surface area is 143 Å². The number of rotatable bonds is 4. The highest BCUT2D eigenvalue weighted by Crippen LogP contribution is 2.31. The van der Waals surface area contributed by atoms with Gasteiger partial charge in [0.15, 0.2) is 0 Å². The molecule has 3 rings (SSSR count). The molecule has 120 valence electrons. The topological polar surface area (TPSA) is 63.4 Å². The smallest absolute Gasteiger partial charge is 0.249 e. The maximum atomic E-state index is 12.6. The van der Waals surface area contributed by atoms with Gasteiger partial charge < -0.3 is 10.6 Å². The summed E-state index contributed by atoms with van der Waals surface area (Å²) in [5.41, 5.74) is 7.67. The quantitative estimate of drug-likeness (QED) is 0.920. The first-order valence-electron chi connectivity index (χ1n) is 7.52. The van der Waals surface area contributed by atoms with Gasteiger partial charge in [0.25, 0.3) is 0 Å². The molecule has 1 aromatic carbocycles. The molecule has 2 heterocycles. The number of nitrogens with zero attached hydrogens (tertiary/aromatic N) is 1. The van der Waals surface area contributed by atoms with Crippen molar-refractivity contribution in [3.63, 3.8) is 0 Å². The van der Waals surface area contributed by atoms with Gasteiger partial charge in [-0.15, -0.1) is 11.3 Å². The number of halogens is 1. The standard InChI is InChI=1S/C17H17ClN2O2S/c18-15-8-6-11(23-15)7-9-16(21)20-10-2-4-12-13(17(19)22)3-1-5-14(12)20/h1,3,5-6,8H,2,4,7,9-10H2,(H2,19,22). The molecule has 0 unspecified atom stereocenters. The second kappa shape index (κ2) is 6.72. The predicted octanol–water partition coefficient (Wildman–Crippen LogP) is 3.41. The van der Waals surface area contributed by atoms with E-state index in [1.165, 1.54) is 11.3 Å². The monoisotopic (exact) mass is 348 g/mol. The summed E-state index contributed by atoms with van der Waals surface area (Å²) in [6.45, 7) is 0.680. The first-order chi connectivity index (χ1) is 11.1. The van der Waals surface area contributed by atoms with E-state index >= 15 is 0 Å². The lowest BCUT2D eigenvalue weighted by molar-refractivity contribution is -0.118. The van der Waals surface area contributed by atoms with Gasteiger partial charge >= 0.3 is 0 Å². The van der Waals surface area contributed by atoms with Crippen molar-refractivity contribution in [3.05, 3.63) is 50.7 Å². The molecular formula is C17H17ClN2O2S. The fraction of sp³-hybridized carbons (Fsp3) is 0.294. The molecule has 1 aliphatic rings. The van der Waals surface area contributed by atoms with Crippen LogP contribution in [0.5, 0.6) is 0 Å². The second-order valence-electron chi connectivity index (χ2n) is 5.52. The SMILES string of the molecule is NC(=O)c1cccc2c1CCCN2C(=O)CCc1ccc(Cl)s1. The molecule has 1 aromatic heterocycles. The van der Waals surface area contributed by atoms with E-state index < -0.39 is 5.91 Å². The highest BCUT2D eigenvalue weighted by atomic mass is 35.5. The average molecular weight is 349 g/mol. The van der Waals surface area contributed by atoms with E-state index in [0.29, 0.717) is 24.9 Å². The van der Waals surface area contributed by atoms with Gasteiger partial charge in [-0.3, -0.25) is 9.59 Å². The number of amides is 2. The molecule has 0 radical (unpaired) electrons. The summed E-state index contributed by atoms with van der Waals surface area (Å²) in [5, 5.41) is 0. The first-order valence-corrected chi connectivity index (χ1v) is 8.72. The minimum Gasteiger partial charge on any atom is -0.366 e. The number of carbonyl (C=O) groups is 2. The second-order valence-corrected chi connectivity index (χ2v) is 7.32. The van der Waals surface area contributed by atoms with Gasteiger partial charge in [0.1, 0.15) is 0 Å². The Bertz CT molecular complexity index is 757. The van der Waals surface area contributed by atoms with Crippen LogP contribution in [-0.2, 0) is 17.6 Å². The Kier molecular flexibility index (Phi) is 4.68. The third kappa shape index (κ3) is 3.41. The minimum atomic E-state index is -0.440. The van der Waals surface area contributed by atoms with Crippen LogP contribution < -0.4 is 10.6 Å². The third-order valence-electron chi connectivity index (χ3n) is 4.03. The molecule has 2 aromatic rings. The van der Waals surface area contributed by atoms with Crippen LogP contribution in [0.1, 0.15) is 33.6 Å². The zero-order valence-corrected chi connectivity index (χ0v) is 14.1. The van der Waals surface area contributed by atoms with Crippen LogP contribution in [-0.4, -0.2) is 18.4 Å². The van der Waals surface area contributed by atoms with Gasteiger partial charge in [0, 0.05) is 29.1 Å². The Hall–Kier alpha value is -1.85. The summed E-state index contributed by atoms with van der Waals surface area (Å²) in [5.74, 6) is -0.374. The van der Waals surface area contributed by atoms with E-state index in [9.17, 15) is 9.59 Å². The number of benzene rings is 1. The number of carbonyl (C=O) groups excluding carboxylic acids is 2. The van der Waals surface area contributed by atoms with Crippen LogP contribution in [0.2, 0.25) is 4.34 Å². The molecule has 0 saturated carbocycles. The highest BCUT2D eigenvalue weighted by Gasteiger charge is 2.25. The van der Waals surface area contributed by atoms with Gasteiger partial charge in [0.2, 0.25) is 11.8 Å². The highest BCUT2D eigenvalue weighted by molar-refractivity contribution is 7.16. The van der Waals surface area contributed by atoms with E-state index in [1.807, 2.05) is 18.2 Å². The number of hydrogen-bond donors (Lipinski definition) is 1. The first kappa shape index (κ1) is 16.0. The van der Waals surface area contributed by atoms with Crippen molar-refractivity contribution in [2.24, 2.45) is 5.73 Å². The fourth-order valence-corrected chi connectivity index (χ4v) is 4.05. The number of anilines is 1. The van der Waals surface area contributed by atoms with Crippen molar-refractivity contribution >= 4 is 40.4 Å². The van der Waals surface area contributed by atoms with Crippen LogP contribution in [0.25, 0.3) is 0 Å². The summed E-state index contributed by atoms with van der Waals surface area (Å²) < 4.78 is 0.738. The van der Waals surface area contributed by atoms with Crippen molar-refractivity contribution in [2.75, 3.05) is 11.4 Å². The Morgan fingerprint density at radius 1 is 1.26 bits per heavy atom. The normalized spacial score (nSPS) is 13.7. The summed E-state index contributed by atoms with van der Waals surface area (Å²) >= 11 is 7.42. The van der Waals surface area contributed by atoms with Crippen molar-refractivity contribution in [1.29, 1.82) is 0 Å². The third-order valence-corrected chi connectivity index (χ3v) is 5.32. The Balaban J connectivity index is 1.78. The zero-order chi connectivity index (χ0) is 16.4. The van der Waals surface area contributed by atoms with Gasteiger partial charge in [0.05, 0.1) is 4.34 Å². The molecule has 1 aliphatic heterocycles. The number of hydrogen-bond acceptors (Lipinski definition) is 3. The lowest BCUT2D eigenvalue weighted by Crippen LogP contribution is -2.36. The zero-order valence-electron chi connectivity index (χ0n) is 12.5. The molecule has 0 fully saturated rings. The van der Waals surface area contributed by atoms with E-state index in [2.05, 4.69) is 0 Å². The lowest BCUT2D eigenvalue weighted by Gasteiger charge is -2.30. The molecular weight excluding hydrogens is 332 g/mol. The van der Waals surface area contributed by atoms with Crippen molar-refractivity contribution in [1.82, 2.24) is 0 Å². The van der Waals surface area contributed by atoms with Crippen LogP contribution in [0.4, 0.5) is 5.69 Å². The van der Waals surface area contributed by atoms with E-state index in [-0.39, 0.29) is 5.91 Å². The maximum absolute atomic E-state index is 12.6. The van der Waals surface area contributed by atoms with Crippen LogP contribution in [0.3, 0.4) is 0 Å². The molecule has 0 saturated heterocycles. The molecule has 4 nitrogen and oxygen atoms in total. The molecule has 2 N–H and O–H groups in total. The van der Waals surface area contributed by atoms with Crippen LogP contribution in [0, 0.1) is 0 Å². The summed E-state index contributed by atoms with van der Waals surface area (Å²) in [6.07, 6.45) is 2.72. The van der Waals surface area contributed by atoms with E-state index in [4.69, 9.17) is 17.3 Å².